The summed E-state index contributed by atoms with van der Waals surface area (Å²) in [5, 5.41) is 28.0. The Balaban J connectivity index is 4.18. The molecule has 4 heteroatoms. The highest BCUT2D eigenvalue weighted by Gasteiger charge is 2.13. The highest BCUT2D eigenvalue weighted by Crippen LogP contribution is 2.24. The van der Waals surface area contributed by atoms with Crippen LogP contribution in [-0.4, -0.2) is 33.5 Å². The highest BCUT2D eigenvalue weighted by atomic mass is 16.4. The van der Waals surface area contributed by atoms with Crippen molar-refractivity contribution in [1.29, 1.82) is 0 Å². The average Bonchev–Trinajstić information content (AvgIpc) is 2.56. The number of allylic oxidation sites excluding steroid dienone is 5. The minimum absolute atomic E-state index is 0.00802. The van der Waals surface area contributed by atoms with Crippen LogP contribution in [0.3, 0.4) is 0 Å². The van der Waals surface area contributed by atoms with E-state index in [0.717, 1.165) is 6.42 Å². The van der Waals surface area contributed by atoms with Crippen molar-refractivity contribution in [3.8, 4) is 11.8 Å². The Labute approximate surface area is 158 Å². The van der Waals surface area contributed by atoms with Gasteiger partial charge in [0.1, 0.15) is 0 Å². The maximum Gasteiger partial charge on any atom is 0.303 e. The molecule has 0 fully saturated rings. The van der Waals surface area contributed by atoms with E-state index in [-0.39, 0.29) is 18.3 Å². The van der Waals surface area contributed by atoms with Crippen LogP contribution in [-0.2, 0) is 4.79 Å². The molecule has 26 heavy (non-hydrogen) atoms. The molecule has 0 aliphatic rings. The molecule has 0 aliphatic heterocycles. The van der Waals surface area contributed by atoms with Gasteiger partial charge in [0, 0.05) is 6.42 Å². The molecule has 0 spiro atoms. The van der Waals surface area contributed by atoms with Crippen LogP contribution >= 0.6 is 0 Å². The molecule has 146 valence electrons. The fourth-order valence-corrected chi connectivity index (χ4v) is 2.32. The molecule has 0 aliphatic carbocycles. The second-order valence-corrected chi connectivity index (χ2v) is 7.16. The van der Waals surface area contributed by atoms with E-state index in [0.29, 0.717) is 6.42 Å². The van der Waals surface area contributed by atoms with E-state index in [1.54, 1.807) is 18.2 Å². The molecule has 2 atom stereocenters. The van der Waals surface area contributed by atoms with E-state index >= 15 is 0 Å². The number of carbonyl (C=O) groups is 1. The van der Waals surface area contributed by atoms with Gasteiger partial charge in [-0.05, 0) is 36.8 Å². The van der Waals surface area contributed by atoms with Gasteiger partial charge in [-0.15, -0.1) is 0 Å². The zero-order chi connectivity index (χ0) is 19.8. The minimum atomic E-state index is -1.01. The van der Waals surface area contributed by atoms with E-state index in [1.807, 2.05) is 6.08 Å². The van der Waals surface area contributed by atoms with Crippen molar-refractivity contribution in [2.24, 2.45) is 5.41 Å². The first-order valence-corrected chi connectivity index (χ1v) is 9.38. The summed E-state index contributed by atoms with van der Waals surface area (Å²) in [6.07, 6.45) is 14.0. The zero-order valence-corrected chi connectivity index (χ0v) is 16.3. The Morgan fingerprint density at radius 1 is 1.08 bits per heavy atom. The third-order valence-electron chi connectivity index (χ3n) is 4.01. The first-order valence-electron chi connectivity index (χ1n) is 9.38. The quantitative estimate of drug-likeness (QED) is 0.276. The Kier molecular flexibility index (Phi) is 13.3. The predicted molar refractivity (Wildman–Crippen MR) is 107 cm³/mol. The van der Waals surface area contributed by atoms with Crippen molar-refractivity contribution in [3.63, 3.8) is 0 Å². The molecule has 4 nitrogen and oxygen atoms in total. The van der Waals surface area contributed by atoms with Crippen LogP contribution in [0.15, 0.2) is 36.5 Å². The van der Waals surface area contributed by atoms with E-state index in [1.165, 1.54) is 25.3 Å². The fraction of sp³-hybridized carbons (Fsp3) is 0.591. The van der Waals surface area contributed by atoms with Crippen molar-refractivity contribution in [2.75, 3.05) is 0 Å². The maximum absolute atomic E-state index is 10.4. The minimum Gasteiger partial charge on any atom is -0.481 e. The summed E-state index contributed by atoms with van der Waals surface area (Å²) < 4.78 is 0. The molecule has 0 amide bonds. The molecule has 0 aromatic rings. The number of carboxylic acid groups (broad SMARTS) is 1. The smallest absolute Gasteiger partial charge is 0.303 e. The Morgan fingerprint density at radius 2 is 1.77 bits per heavy atom. The number of aliphatic hydroxyl groups excluding tert-OH is 2. The fourth-order valence-electron chi connectivity index (χ4n) is 2.32. The number of carboxylic acids is 1. The first kappa shape index (κ1) is 24.2. The van der Waals surface area contributed by atoms with Crippen molar-refractivity contribution in [2.45, 2.75) is 77.9 Å². The van der Waals surface area contributed by atoms with E-state index < -0.39 is 18.2 Å². The maximum atomic E-state index is 10.4. The van der Waals surface area contributed by atoms with Crippen LogP contribution < -0.4 is 0 Å². The standard InChI is InChI=1S/C22H34O4/c1-4-5-11-17-22(2,3)18-12-9-7-6-8-10-14-19(23)20(24)15-13-16-21(25)26/h6,8,10,12,14,18-20,23-24H,4-5,11,13,15-17H2,1-3H3,(H,25,26)/b8-6+,14-10+,18-12+/t19-,20+/m1/s1. The monoisotopic (exact) mass is 362 g/mol. The molecule has 0 heterocycles. The van der Waals surface area contributed by atoms with Crippen LogP contribution in [0.4, 0.5) is 0 Å². The highest BCUT2D eigenvalue weighted by molar-refractivity contribution is 5.66. The van der Waals surface area contributed by atoms with Gasteiger partial charge >= 0.3 is 5.97 Å². The summed E-state index contributed by atoms with van der Waals surface area (Å²) in [6, 6.07) is 0. The lowest BCUT2D eigenvalue weighted by Gasteiger charge is -2.19. The van der Waals surface area contributed by atoms with Crippen molar-refractivity contribution < 1.29 is 20.1 Å². The molecule has 0 aromatic heterocycles. The molecular weight excluding hydrogens is 328 g/mol. The van der Waals surface area contributed by atoms with Gasteiger partial charge in [0.05, 0.1) is 12.2 Å². The topological polar surface area (TPSA) is 77.8 Å². The van der Waals surface area contributed by atoms with Gasteiger partial charge in [-0.25, -0.2) is 0 Å². The average molecular weight is 363 g/mol. The summed E-state index contributed by atoms with van der Waals surface area (Å²) in [6.45, 7) is 6.62. The second kappa shape index (κ2) is 14.4. The van der Waals surface area contributed by atoms with Gasteiger partial charge in [0.2, 0.25) is 0 Å². The van der Waals surface area contributed by atoms with Crippen LogP contribution in [0.5, 0.6) is 0 Å². The molecule has 0 radical (unpaired) electrons. The summed E-state index contributed by atoms with van der Waals surface area (Å²) >= 11 is 0. The summed E-state index contributed by atoms with van der Waals surface area (Å²) in [4.78, 5) is 10.4. The number of rotatable bonds is 12. The molecular formula is C22H34O4. The third kappa shape index (κ3) is 14.5. The number of unbranched alkanes of at least 4 members (excludes halogenated alkanes) is 2. The van der Waals surface area contributed by atoms with Crippen molar-refractivity contribution in [1.82, 2.24) is 0 Å². The lowest BCUT2D eigenvalue weighted by atomic mass is 9.86. The number of aliphatic carboxylic acids is 1. The van der Waals surface area contributed by atoms with Crippen molar-refractivity contribution >= 4 is 5.97 Å². The van der Waals surface area contributed by atoms with Gasteiger partial charge in [0.25, 0.3) is 0 Å². The number of hydrogen-bond donors (Lipinski definition) is 3. The third-order valence-corrected chi connectivity index (χ3v) is 4.01. The van der Waals surface area contributed by atoms with Crippen molar-refractivity contribution in [3.05, 3.63) is 36.5 Å². The van der Waals surface area contributed by atoms with E-state index in [9.17, 15) is 15.0 Å². The normalized spacial score (nSPS) is 14.7. The summed E-state index contributed by atoms with van der Waals surface area (Å²) in [7, 11) is 0. The molecule has 0 rings (SSSR count). The van der Waals surface area contributed by atoms with Crippen LogP contribution in [0.25, 0.3) is 0 Å². The van der Waals surface area contributed by atoms with Gasteiger partial charge in [0.15, 0.2) is 0 Å². The summed E-state index contributed by atoms with van der Waals surface area (Å²) in [5.74, 6) is 4.96. The predicted octanol–water partition coefficient (Wildman–Crippen LogP) is 4.24. The Hall–Kier alpha value is -1.83. The van der Waals surface area contributed by atoms with Gasteiger partial charge in [-0.1, -0.05) is 76.2 Å². The summed E-state index contributed by atoms with van der Waals surface area (Å²) in [5.41, 5.74) is 0.161. The zero-order valence-electron chi connectivity index (χ0n) is 16.3. The van der Waals surface area contributed by atoms with Crippen LogP contribution in [0.2, 0.25) is 0 Å². The first-order chi connectivity index (χ1) is 12.3. The van der Waals surface area contributed by atoms with E-state index in [2.05, 4.69) is 38.7 Å². The molecule has 0 saturated carbocycles. The van der Waals surface area contributed by atoms with Gasteiger partial charge < -0.3 is 15.3 Å². The Morgan fingerprint density at radius 3 is 2.42 bits per heavy atom. The number of hydrogen-bond acceptors (Lipinski definition) is 3. The lowest BCUT2D eigenvalue weighted by molar-refractivity contribution is -0.137. The SMILES string of the molecule is CCCCCC(C)(C)/C=C/C#C/C=C/C=C/[C@@H](O)[C@@H](O)CCCC(=O)O. The molecule has 3 N–H and O–H groups in total. The Bertz CT molecular complexity index is 532. The van der Waals surface area contributed by atoms with E-state index in [4.69, 9.17) is 5.11 Å². The molecule has 0 aromatic carbocycles. The number of aliphatic hydroxyl groups is 2. The largest absolute Gasteiger partial charge is 0.481 e. The molecule has 0 bridgehead atoms. The van der Waals surface area contributed by atoms with Crippen LogP contribution in [0, 0.1) is 17.3 Å². The van der Waals surface area contributed by atoms with Gasteiger partial charge in [-0.2, -0.15) is 0 Å². The lowest BCUT2D eigenvalue weighted by Crippen LogP contribution is -2.23. The second-order valence-electron chi connectivity index (χ2n) is 7.16. The molecule has 0 saturated heterocycles. The van der Waals surface area contributed by atoms with Gasteiger partial charge in [-0.3, -0.25) is 4.79 Å². The van der Waals surface area contributed by atoms with Crippen LogP contribution in [0.1, 0.15) is 65.7 Å². The molecule has 0 unspecified atom stereocenters.